The number of benzene rings is 1. The lowest BCUT2D eigenvalue weighted by molar-refractivity contribution is -0.0394. The number of ketones is 1. The molecule has 7 nitrogen and oxygen atoms in total. The van der Waals surface area contributed by atoms with Crippen molar-refractivity contribution in [2.45, 2.75) is 57.0 Å². The molecule has 1 unspecified atom stereocenters. The van der Waals surface area contributed by atoms with E-state index in [-0.39, 0.29) is 12.2 Å². The van der Waals surface area contributed by atoms with Crippen LogP contribution in [0.1, 0.15) is 48.5 Å². The average Bonchev–Trinajstić information content (AvgIpc) is 3.18. The van der Waals surface area contributed by atoms with Gasteiger partial charge in [0.25, 0.3) is 0 Å². The summed E-state index contributed by atoms with van der Waals surface area (Å²) in [7, 11) is 0. The maximum Gasteiger partial charge on any atom is 0.325 e. The lowest BCUT2D eigenvalue weighted by Crippen LogP contribution is -2.67. The van der Waals surface area contributed by atoms with Crippen LogP contribution in [-0.2, 0) is 11.2 Å². The summed E-state index contributed by atoms with van der Waals surface area (Å²) in [5.41, 5.74) is 5.01. The van der Waals surface area contributed by atoms with E-state index in [1.165, 1.54) is 0 Å². The molecule has 2 aliphatic rings. The molecule has 0 bridgehead atoms. The van der Waals surface area contributed by atoms with Gasteiger partial charge in [-0.2, -0.15) is 0 Å². The van der Waals surface area contributed by atoms with Crippen molar-refractivity contribution in [1.29, 1.82) is 0 Å². The van der Waals surface area contributed by atoms with E-state index in [2.05, 4.69) is 12.2 Å². The molecule has 1 fully saturated rings. The van der Waals surface area contributed by atoms with Crippen molar-refractivity contribution < 1.29 is 23.8 Å². The van der Waals surface area contributed by atoms with Gasteiger partial charge >= 0.3 is 6.03 Å². The fourth-order valence-corrected chi connectivity index (χ4v) is 3.41. The van der Waals surface area contributed by atoms with Crippen molar-refractivity contribution in [1.82, 2.24) is 10.2 Å². The van der Waals surface area contributed by atoms with Gasteiger partial charge in [-0.05, 0) is 31.2 Å². The lowest BCUT2D eigenvalue weighted by Gasteiger charge is -2.37. The molecule has 1 aromatic rings. The Balaban J connectivity index is 1.77. The van der Waals surface area contributed by atoms with Crippen molar-refractivity contribution >= 4 is 11.8 Å². The molecule has 2 heterocycles. The number of carbonyl (C=O) groups excluding carboxylic acids is 2. The summed E-state index contributed by atoms with van der Waals surface area (Å²) in [5.74, 6) is -1.69. The van der Waals surface area contributed by atoms with Crippen LogP contribution in [0, 0.1) is 0 Å². The third-order valence-corrected chi connectivity index (χ3v) is 5.16. The molecule has 2 amide bonds. The summed E-state index contributed by atoms with van der Waals surface area (Å²) in [6.07, 6.45) is 3.82. The fourth-order valence-electron chi connectivity index (χ4n) is 3.41. The molecule has 2 aliphatic heterocycles. The first kappa shape index (κ1) is 20.4. The zero-order chi connectivity index (χ0) is 20.3. The predicted molar refractivity (Wildman–Crippen MR) is 101 cm³/mol. The summed E-state index contributed by atoms with van der Waals surface area (Å²) in [6.45, 7) is 1.92. The summed E-state index contributed by atoms with van der Waals surface area (Å²) in [6, 6.07) is 6.10. The third kappa shape index (κ3) is 3.94. The largest absolute Gasteiger partial charge is 0.394 e. The van der Waals surface area contributed by atoms with Crippen LogP contribution >= 0.6 is 0 Å². The van der Waals surface area contributed by atoms with E-state index in [1.807, 2.05) is 12.1 Å². The number of aryl methyl sites for hydroxylation is 1. The molecular weight excluding hydrogens is 365 g/mol. The van der Waals surface area contributed by atoms with Gasteiger partial charge in [-0.15, -0.1) is 0 Å². The van der Waals surface area contributed by atoms with Crippen LogP contribution in [0.5, 0.6) is 0 Å². The Labute approximate surface area is 163 Å². The topological polar surface area (TPSA) is 105 Å². The van der Waals surface area contributed by atoms with Gasteiger partial charge in [-0.1, -0.05) is 37.6 Å². The number of hydrogen-bond donors (Lipinski definition) is 3. The maximum atomic E-state index is 14.8. The normalized spacial score (nSPS) is 27.5. The number of nitrogens with two attached hydrogens (primary N) is 1. The van der Waals surface area contributed by atoms with E-state index in [0.29, 0.717) is 12.8 Å². The van der Waals surface area contributed by atoms with E-state index in [0.717, 1.165) is 35.9 Å². The standard InChI is InChI=1S/C20H26FN3O4/c1-2-3-4-13-5-7-14(8-6-13)18(26)20(22)16(21)11-24(19(27)23-20)17-10-9-15(12-25)28-17/h5-8,11,15,17,25H,2-4,9-10,12,22H2,1H3,(H,23,27)/t15-,17+,20?/m0/s1. The van der Waals surface area contributed by atoms with Crippen LogP contribution in [0.3, 0.4) is 0 Å². The Bertz CT molecular complexity index is 767. The Kier molecular flexibility index (Phi) is 6.12. The molecule has 3 atom stereocenters. The van der Waals surface area contributed by atoms with Crippen LogP contribution < -0.4 is 11.1 Å². The van der Waals surface area contributed by atoms with E-state index in [1.54, 1.807) is 12.1 Å². The number of amides is 2. The van der Waals surface area contributed by atoms with Gasteiger partial charge in [-0.3, -0.25) is 15.4 Å². The molecule has 0 spiro atoms. The monoisotopic (exact) mass is 391 g/mol. The molecule has 0 aliphatic carbocycles. The first-order valence-electron chi connectivity index (χ1n) is 9.56. The SMILES string of the molecule is CCCCc1ccc(C(=O)C2(N)NC(=O)N([C@H]3CC[C@@H](CO)O3)C=C2F)cc1. The van der Waals surface area contributed by atoms with Gasteiger partial charge in [0.2, 0.25) is 11.4 Å². The van der Waals surface area contributed by atoms with Crippen LogP contribution in [0.2, 0.25) is 0 Å². The van der Waals surface area contributed by atoms with Crippen LogP contribution in [-0.4, -0.2) is 46.4 Å². The Morgan fingerprint density at radius 2 is 2.11 bits per heavy atom. The number of hydrogen-bond acceptors (Lipinski definition) is 5. The van der Waals surface area contributed by atoms with Crippen molar-refractivity contribution in [3.05, 3.63) is 47.4 Å². The van der Waals surface area contributed by atoms with Gasteiger partial charge < -0.3 is 15.2 Å². The molecule has 0 aromatic heterocycles. The van der Waals surface area contributed by atoms with E-state index < -0.39 is 35.6 Å². The van der Waals surface area contributed by atoms with E-state index >= 15 is 0 Å². The second-order valence-electron chi connectivity index (χ2n) is 7.22. The van der Waals surface area contributed by atoms with Crippen molar-refractivity contribution in [3.63, 3.8) is 0 Å². The average molecular weight is 391 g/mol. The number of rotatable bonds is 7. The Hall–Kier alpha value is -2.29. The number of aliphatic hydroxyl groups excluding tert-OH is 1. The molecule has 3 rings (SSSR count). The predicted octanol–water partition coefficient (Wildman–Crippen LogP) is 2.20. The van der Waals surface area contributed by atoms with Crippen molar-refractivity contribution in [2.75, 3.05) is 6.61 Å². The lowest BCUT2D eigenvalue weighted by atomic mass is 9.95. The summed E-state index contributed by atoms with van der Waals surface area (Å²) in [4.78, 5) is 26.3. The number of unbranched alkanes of at least 4 members (excludes halogenated alkanes) is 1. The van der Waals surface area contributed by atoms with Crippen molar-refractivity contribution in [2.24, 2.45) is 5.73 Å². The number of Topliss-reactive ketones (excluding diaryl/α,β-unsaturated/α-hetero) is 1. The molecule has 0 radical (unpaired) electrons. The van der Waals surface area contributed by atoms with Gasteiger partial charge in [0.15, 0.2) is 5.83 Å². The molecule has 28 heavy (non-hydrogen) atoms. The zero-order valence-corrected chi connectivity index (χ0v) is 15.9. The number of ether oxygens (including phenoxy) is 1. The van der Waals surface area contributed by atoms with Crippen molar-refractivity contribution in [3.8, 4) is 0 Å². The highest BCUT2D eigenvalue weighted by molar-refractivity contribution is 6.07. The van der Waals surface area contributed by atoms with Crippen LogP contribution in [0.15, 0.2) is 36.3 Å². The van der Waals surface area contributed by atoms with Gasteiger partial charge in [0.05, 0.1) is 12.7 Å². The molecule has 8 heteroatoms. The maximum absolute atomic E-state index is 14.8. The molecule has 1 aromatic carbocycles. The molecular formula is C20H26FN3O4. The van der Waals surface area contributed by atoms with Gasteiger partial charge in [0.1, 0.15) is 6.23 Å². The number of aliphatic hydroxyl groups is 1. The highest BCUT2D eigenvalue weighted by Gasteiger charge is 2.47. The van der Waals surface area contributed by atoms with Crippen LogP contribution in [0.4, 0.5) is 9.18 Å². The third-order valence-electron chi connectivity index (χ3n) is 5.16. The highest BCUT2D eigenvalue weighted by Crippen LogP contribution is 2.29. The number of nitrogens with one attached hydrogen (secondary N) is 1. The van der Waals surface area contributed by atoms with E-state index in [4.69, 9.17) is 15.6 Å². The van der Waals surface area contributed by atoms with Gasteiger partial charge in [0, 0.05) is 11.8 Å². The van der Waals surface area contributed by atoms with Gasteiger partial charge in [-0.25, -0.2) is 9.18 Å². The smallest absolute Gasteiger partial charge is 0.325 e. The quantitative estimate of drug-likeness (QED) is 0.618. The minimum Gasteiger partial charge on any atom is -0.394 e. The summed E-state index contributed by atoms with van der Waals surface area (Å²) >= 11 is 0. The molecule has 1 saturated heterocycles. The summed E-state index contributed by atoms with van der Waals surface area (Å²) in [5, 5.41) is 11.4. The fraction of sp³-hybridized carbons (Fsp3) is 0.500. The number of halogens is 1. The van der Waals surface area contributed by atoms with E-state index in [9.17, 15) is 14.0 Å². The number of urea groups is 1. The second kappa shape index (κ2) is 8.38. The first-order valence-corrected chi connectivity index (χ1v) is 9.56. The molecule has 4 N–H and O–H groups in total. The Morgan fingerprint density at radius 1 is 1.39 bits per heavy atom. The molecule has 152 valence electrons. The highest BCUT2D eigenvalue weighted by atomic mass is 19.1. The Morgan fingerprint density at radius 3 is 2.71 bits per heavy atom. The van der Waals surface area contributed by atoms with Crippen LogP contribution in [0.25, 0.3) is 0 Å². The minimum atomic E-state index is -2.26. The number of nitrogens with zero attached hydrogens (tertiary/aromatic N) is 1. The minimum absolute atomic E-state index is 0.175. The molecule has 0 saturated carbocycles. The second-order valence-corrected chi connectivity index (χ2v) is 7.22. The zero-order valence-electron chi connectivity index (χ0n) is 15.9. The summed E-state index contributed by atoms with van der Waals surface area (Å²) < 4.78 is 20.3. The number of carbonyl (C=O) groups is 2. The first-order chi connectivity index (χ1) is 13.4.